The first-order valence-corrected chi connectivity index (χ1v) is 32.8. The number of aromatic amines is 2. The summed E-state index contributed by atoms with van der Waals surface area (Å²) in [6.07, 6.45) is 5.87. The number of nitrogens with zero attached hydrogens (tertiary/aromatic N) is 2. The van der Waals surface area contributed by atoms with Crippen molar-refractivity contribution in [2.24, 2.45) is 0 Å². The predicted octanol–water partition coefficient (Wildman–Crippen LogP) is 6.83. The van der Waals surface area contributed by atoms with E-state index in [4.69, 9.17) is 28.9 Å². The van der Waals surface area contributed by atoms with Gasteiger partial charge in [0.25, 0.3) is 0 Å². The Labute approximate surface area is 467 Å². The van der Waals surface area contributed by atoms with Crippen molar-refractivity contribution >= 4 is 63.3 Å². The van der Waals surface area contributed by atoms with E-state index in [0.29, 0.717) is 47.8 Å². The van der Waals surface area contributed by atoms with Gasteiger partial charge < -0.3 is 38.9 Å². The van der Waals surface area contributed by atoms with Gasteiger partial charge in [0, 0.05) is 58.9 Å². The fraction of sp³-hybridized carbons (Fsp3) is 0.355. The summed E-state index contributed by atoms with van der Waals surface area (Å²) < 4.78 is 20.8. The molecular formula is C62H70N4O8Si2Zn. The number of hydrogen-bond acceptors (Lipinski definition) is 8. The van der Waals surface area contributed by atoms with E-state index in [2.05, 4.69) is 116 Å². The fourth-order valence-corrected chi connectivity index (χ4v) is 10.7. The van der Waals surface area contributed by atoms with Gasteiger partial charge in [-0.1, -0.05) is 104 Å². The maximum absolute atomic E-state index is 13.0. The van der Waals surface area contributed by atoms with Crippen molar-refractivity contribution in [2.45, 2.75) is 118 Å². The Morgan fingerprint density at radius 1 is 0.545 bits per heavy atom. The molecule has 396 valence electrons. The van der Waals surface area contributed by atoms with Crippen LogP contribution < -0.4 is 31.4 Å². The number of fused-ring (bicyclic) bond motifs is 8. The molecule has 0 unspecified atom stereocenters. The molecule has 0 amide bonds. The summed E-state index contributed by atoms with van der Waals surface area (Å²) in [5.41, 5.74) is 22.0. The minimum absolute atomic E-state index is 0. The third-order valence-electron chi connectivity index (χ3n) is 13.8. The number of carbonyl (C=O) groups excluding carboxylic acids is 4. The molecule has 2 aromatic carbocycles. The molecule has 1 aliphatic heterocycles. The van der Waals surface area contributed by atoms with Crippen LogP contribution in [0.25, 0.3) is 23.3 Å². The van der Waals surface area contributed by atoms with Crippen LogP contribution in [0.4, 0.5) is 0 Å². The molecule has 5 heterocycles. The maximum atomic E-state index is 13.0. The van der Waals surface area contributed by atoms with Crippen LogP contribution in [0.3, 0.4) is 0 Å². The quantitative estimate of drug-likeness (QED) is 0.0511. The molecule has 0 saturated carbocycles. The van der Waals surface area contributed by atoms with E-state index >= 15 is 0 Å². The molecule has 12 nitrogen and oxygen atoms in total. The summed E-state index contributed by atoms with van der Waals surface area (Å²) in [4.78, 5) is 70.9. The summed E-state index contributed by atoms with van der Waals surface area (Å²) in [6.45, 7) is 21.5. The Hall–Kier alpha value is -6.90. The first kappa shape index (κ1) is 59.3. The van der Waals surface area contributed by atoms with Gasteiger partial charge in [0.15, 0.2) is 0 Å². The van der Waals surface area contributed by atoms with Gasteiger partial charge in [-0.15, -0.1) is 33.2 Å². The summed E-state index contributed by atoms with van der Waals surface area (Å²) in [5.74, 6) is 5.53. The van der Waals surface area contributed by atoms with Crippen LogP contribution in [-0.4, -0.2) is 78.4 Å². The van der Waals surface area contributed by atoms with Crippen molar-refractivity contribution < 1.29 is 57.6 Å². The van der Waals surface area contributed by atoms with Crippen molar-refractivity contribution in [1.82, 2.24) is 19.9 Å². The van der Waals surface area contributed by atoms with Crippen LogP contribution in [0, 0.1) is 50.6 Å². The van der Waals surface area contributed by atoms with Crippen molar-refractivity contribution in [2.75, 3.05) is 28.4 Å². The zero-order chi connectivity index (χ0) is 55.2. The average molecular weight is 1120 g/mol. The van der Waals surface area contributed by atoms with Gasteiger partial charge in [0.1, 0.15) is 16.1 Å². The van der Waals surface area contributed by atoms with Crippen LogP contribution in [0.15, 0.2) is 48.5 Å². The molecule has 8 bridgehead atoms. The fourth-order valence-electron chi connectivity index (χ4n) is 9.69. The van der Waals surface area contributed by atoms with E-state index in [1.807, 2.05) is 44.2 Å². The number of carbonyl (C=O) groups is 4. The number of nitrogens with one attached hydrogen (secondary N) is 2. The smallest absolute Gasteiger partial charge is 0.657 e. The van der Waals surface area contributed by atoms with E-state index < -0.39 is 16.1 Å². The van der Waals surface area contributed by atoms with Crippen LogP contribution in [0.1, 0.15) is 115 Å². The maximum Gasteiger partial charge on any atom is 2.00 e. The van der Waals surface area contributed by atoms with E-state index in [-0.39, 0.29) is 69.0 Å². The van der Waals surface area contributed by atoms with Gasteiger partial charge in [0.05, 0.1) is 28.4 Å². The molecule has 15 heteroatoms. The van der Waals surface area contributed by atoms with E-state index in [9.17, 15) is 19.2 Å². The standard InChI is InChI=1S/C62H70N4O8Si2.Zn/c1-37-45(21-25-53(67)71-5)49-35-50-47(23-27-55(69)73-7)39(3)61(65-50)58(44-20-16-18-42(34-44)30-32-76(12,13)14)62-40(4)48(24-28-56(70)74-8)52(66-62)36-51-46(22-26-54(68)72-6)38(2)60(64-51)57(59(37)63-49)43-19-15-17-41(33-43)29-31-75(9,10)11;/h15-20,33-36,63,65H,21-28H2,1-14H3;/q-2;+2/b49-35-,50-35?,51-36?,52-36-,59-57-,60-57?,61-58?,62-58-;. The third kappa shape index (κ3) is 14.0. The van der Waals surface area contributed by atoms with Gasteiger partial charge in [-0.05, 0) is 128 Å². The van der Waals surface area contributed by atoms with Crippen LogP contribution in [0.5, 0.6) is 0 Å². The molecule has 77 heavy (non-hydrogen) atoms. The van der Waals surface area contributed by atoms with Crippen molar-refractivity contribution in [3.63, 3.8) is 0 Å². The van der Waals surface area contributed by atoms with E-state index in [1.54, 1.807) is 0 Å². The summed E-state index contributed by atoms with van der Waals surface area (Å²) in [7, 11) is 2.04. The zero-order valence-corrected chi connectivity index (χ0v) is 52.3. The molecule has 2 N–H and O–H groups in total. The average Bonchev–Trinajstić information content (AvgIpc) is 4.08. The van der Waals surface area contributed by atoms with Crippen molar-refractivity contribution in [3.8, 4) is 22.9 Å². The molecule has 1 aliphatic rings. The second-order valence-corrected chi connectivity index (χ2v) is 30.9. The number of esters is 4. The first-order chi connectivity index (χ1) is 36.0. The molecule has 6 aromatic rings. The molecule has 0 atom stereocenters. The minimum atomic E-state index is -1.76. The Balaban J connectivity index is 0.00000961. The number of benzene rings is 2. The summed E-state index contributed by atoms with van der Waals surface area (Å²) >= 11 is 0. The normalized spacial score (nSPS) is 14.3. The first-order valence-electron chi connectivity index (χ1n) is 25.8. The Morgan fingerprint density at radius 3 is 1.53 bits per heavy atom. The van der Waals surface area contributed by atoms with Gasteiger partial charge in [-0.3, -0.25) is 19.2 Å². The van der Waals surface area contributed by atoms with Crippen LogP contribution >= 0.6 is 0 Å². The number of rotatable bonds is 14. The molecule has 0 radical (unpaired) electrons. The number of ether oxygens (including phenoxy) is 4. The Bertz CT molecular complexity index is 3430. The predicted molar refractivity (Wildman–Crippen MR) is 304 cm³/mol. The number of aromatic nitrogens is 4. The zero-order valence-electron chi connectivity index (χ0n) is 47.3. The second kappa shape index (κ2) is 25.1. The Kier molecular flexibility index (Phi) is 19.3. The summed E-state index contributed by atoms with van der Waals surface area (Å²) in [5, 5.41) is 2.84. The van der Waals surface area contributed by atoms with Gasteiger partial charge in [-0.2, -0.15) is 0 Å². The van der Waals surface area contributed by atoms with Gasteiger partial charge >= 0.3 is 43.4 Å². The summed E-state index contributed by atoms with van der Waals surface area (Å²) in [6, 6.07) is 16.4. The number of methoxy groups -OCH3 is 4. The molecule has 0 aliphatic carbocycles. The largest absolute Gasteiger partial charge is 2.00 e. The molecule has 0 fully saturated rings. The molecule has 4 aromatic heterocycles. The SMILES string of the molecule is COC(=O)CCc1c2[n-]c(c1C)/C(c1cccc(C#C[Si](C)(C)C)c1)=c1\[nH]/c(c(CCC(=O)OC)c1C)=C\c1[nH]c(c(C)c1CCC(=O)OC)/C(c1cccc(C#C[Si](C)(C)C)c1)=c1\[n-]/c(c(CCC(=O)OC)c1C)=C\2.[Zn+2]. The minimum Gasteiger partial charge on any atom is -0.657 e. The van der Waals surface area contributed by atoms with Crippen molar-refractivity contribution in [3.05, 3.63) is 159 Å². The monoisotopic (exact) mass is 1120 g/mol. The number of hydrogen-bond donors (Lipinski definition) is 2. The van der Waals surface area contributed by atoms with Crippen LogP contribution in [-0.2, 0) is 83.3 Å². The van der Waals surface area contributed by atoms with Crippen molar-refractivity contribution in [1.29, 1.82) is 0 Å². The van der Waals surface area contributed by atoms with E-state index in [1.165, 1.54) is 28.4 Å². The third-order valence-corrected chi connectivity index (χ3v) is 15.5. The van der Waals surface area contributed by atoms with Gasteiger partial charge in [0.2, 0.25) is 0 Å². The van der Waals surface area contributed by atoms with E-state index in [0.717, 1.165) is 100.0 Å². The Morgan fingerprint density at radius 2 is 1.03 bits per heavy atom. The van der Waals surface area contributed by atoms with Crippen LogP contribution in [0.2, 0.25) is 39.3 Å². The van der Waals surface area contributed by atoms with Gasteiger partial charge in [-0.25, -0.2) is 0 Å². The molecule has 0 saturated heterocycles. The topological polar surface area (TPSA) is 165 Å². The molecule has 7 rings (SSSR count). The second-order valence-electron chi connectivity index (χ2n) is 21.4. The molecule has 0 spiro atoms. The number of H-pyrrole nitrogens is 2. The molecular weight excluding hydrogens is 1050 g/mol.